The van der Waals surface area contributed by atoms with E-state index in [1.165, 1.54) is 31.4 Å². The molecule has 0 aliphatic rings. The van der Waals surface area contributed by atoms with E-state index < -0.39 is 27.5 Å². The number of thiol groups is 1. The fraction of sp³-hybridized carbons (Fsp3) is 0.476. The molecule has 0 unspecified atom stereocenters. The van der Waals surface area contributed by atoms with Crippen molar-refractivity contribution in [1.82, 2.24) is 9.13 Å². The summed E-state index contributed by atoms with van der Waals surface area (Å²) in [5, 5.41) is 13.2. The highest BCUT2D eigenvalue weighted by Crippen LogP contribution is 2.31. The van der Waals surface area contributed by atoms with E-state index in [4.69, 9.17) is 4.65 Å². The van der Waals surface area contributed by atoms with Crippen LogP contribution in [0.25, 0.3) is 0 Å². The Bertz CT molecular complexity index is 1090. The summed E-state index contributed by atoms with van der Waals surface area (Å²) >= 11 is 4.54. The van der Waals surface area contributed by atoms with Crippen molar-refractivity contribution in [3.05, 3.63) is 50.8 Å². The van der Waals surface area contributed by atoms with Gasteiger partial charge in [-0.2, -0.15) is 12.6 Å². The van der Waals surface area contributed by atoms with Gasteiger partial charge in [-0.1, -0.05) is 19.1 Å². The maximum atomic E-state index is 12.8. The third kappa shape index (κ3) is 5.43. The molecule has 10 heteroatoms. The van der Waals surface area contributed by atoms with Crippen LogP contribution in [0.4, 0.5) is 5.69 Å². The van der Waals surface area contributed by atoms with Crippen LogP contribution in [-0.2, 0) is 18.2 Å². The molecule has 1 amide bonds. The number of aromatic nitrogens is 2. The number of aryl methyl sites for hydroxylation is 1. The van der Waals surface area contributed by atoms with Gasteiger partial charge in [-0.25, -0.2) is 4.79 Å². The number of nitrogens with zero attached hydrogens (tertiary/aromatic N) is 2. The minimum Gasteiger partial charge on any atom is -0.506 e. The minimum atomic E-state index is -0.726. The fourth-order valence-electron chi connectivity index (χ4n) is 2.59. The first kappa shape index (κ1) is 24.8. The van der Waals surface area contributed by atoms with Crippen LogP contribution in [0.2, 0.25) is 0 Å². The Labute approximate surface area is 187 Å². The number of benzene rings is 1. The van der Waals surface area contributed by atoms with Crippen molar-refractivity contribution in [2.24, 2.45) is 7.05 Å². The first-order valence-electron chi connectivity index (χ1n) is 9.97. The molecule has 31 heavy (non-hydrogen) atoms. The summed E-state index contributed by atoms with van der Waals surface area (Å²) in [5.41, 5.74) is -1.57. The summed E-state index contributed by atoms with van der Waals surface area (Å²) in [6.45, 7) is 9.84. The van der Waals surface area contributed by atoms with Crippen LogP contribution in [0, 0.1) is 0 Å². The highest BCUT2D eigenvalue weighted by atomic mass is 32.1. The predicted octanol–water partition coefficient (Wildman–Crippen LogP) is 1.66. The zero-order valence-corrected chi connectivity index (χ0v) is 19.6. The van der Waals surface area contributed by atoms with Gasteiger partial charge in [0.25, 0.3) is 11.5 Å². The smallest absolute Gasteiger partial charge is 0.334 e. The average molecular weight is 446 g/mol. The van der Waals surface area contributed by atoms with Crippen LogP contribution in [0.5, 0.6) is 5.75 Å². The zero-order valence-electron chi connectivity index (χ0n) is 18.7. The van der Waals surface area contributed by atoms with Gasteiger partial charge >= 0.3 is 13.2 Å². The largest absolute Gasteiger partial charge is 0.506 e. The van der Waals surface area contributed by atoms with Gasteiger partial charge in [0.1, 0.15) is 11.3 Å². The van der Waals surface area contributed by atoms with Gasteiger partial charge in [0.2, 0.25) is 0 Å². The number of carbonyl (C=O) groups is 1. The molecule has 1 aromatic carbocycles. The number of carbonyl (C=O) groups excluding carboxylic acids is 1. The van der Waals surface area contributed by atoms with E-state index >= 15 is 0 Å². The first-order valence-corrected chi connectivity index (χ1v) is 10.4. The van der Waals surface area contributed by atoms with E-state index in [2.05, 4.69) is 17.9 Å². The van der Waals surface area contributed by atoms with E-state index in [1.54, 1.807) is 12.1 Å². The van der Waals surface area contributed by atoms with Crippen molar-refractivity contribution in [2.45, 2.75) is 57.9 Å². The van der Waals surface area contributed by atoms with Crippen molar-refractivity contribution >= 4 is 37.2 Å². The lowest BCUT2D eigenvalue weighted by atomic mass is 9.83. The van der Waals surface area contributed by atoms with Gasteiger partial charge in [-0.3, -0.25) is 18.7 Å². The topological polar surface area (TPSA) is 103 Å². The van der Waals surface area contributed by atoms with Crippen molar-refractivity contribution in [1.29, 1.82) is 0 Å². The maximum Gasteiger partial charge on any atom is 0.334 e. The molecule has 0 spiro atoms. The highest BCUT2D eigenvalue weighted by Gasteiger charge is 2.34. The van der Waals surface area contributed by atoms with Gasteiger partial charge in [0, 0.05) is 24.5 Å². The van der Waals surface area contributed by atoms with Crippen LogP contribution in [-0.4, -0.2) is 38.0 Å². The molecule has 1 radical (unpaired) electrons. The Morgan fingerprint density at radius 2 is 1.90 bits per heavy atom. The third-order valence-corrected chi connectivity index (χ3v) is 5.87. The molecule has 0 bridgehead atoms. The van der Waals surface area contributed by atoms with Crippen molar-refractivity contribution < 1.29 is 14.6 Å². The number of anilines is 1. The van der Waals surface area contributed by atoms with E-state index in [0.717, 1.165) is 4.57 Å². The molecule has 0 fully saturated rings. The van der Waals surface area contributed by atoms with E-state index in [-0.39, 0.29) is 17.0 Å². The van der Waals surface area contributed by atoms with Gasteiger partial charge in [0.15, 0.2) is 0 Å². The van der Waals surface area contributed by atoms with E-state index in [9.17, 15) is 19.5 Å². The number of rotatable bonds is 8. The normalized spacial score (nSPS) is 12.0. The standard InChI is InChI=1S/C21H29BN3O5S/c1-7-11-25-12-13(18(28)24(6)19(25)29)17(27)23-15-10-8-9-14(16(15)26)22-30-20(2,3)21(4,5)31/h8-10,12,26,31H,7,11H2,1-6H3,(H,23,27). The third-order valence-electron chi connectivity index (χ3n) is 5.33. The Hall–Kier alpha value is -2.46. The molecule has 0 saturated carbocycles. The second-order valence-corrected chi connectivity index (χ2v) is 9.50. The van der Waals surface area contributed by atoms with Gasteiger partial charge in [0.05, 0.1) is 11.3 Å². The molecule has 0 aliphatic heterocycles. The molecule has 1 aromatic heterocycles. The molecule has 2 N–H and O–H groups in total. The number of phenolic OH excluding ortho intramolecular Hbond substituents is 1. The maximum absolute atomic E-state index is 12.8. The second kappa shape index (κ2) is 9.36. The van der Waals surface area contributed by atoms with Crippen molar-refractivity contribution in [3.8, 4) is 5.75 Å². The summed E-state index contributed by atoms with van der Waals surface area (Å²) < 4.78 is 7.59. The molecule has 1 heterocycles. The fourth-order valence-corrected chi connectivity index (χ4v) is 2.64. The van der Waals surface area contributed by atoms with Crippen LogP contribution < -0.4 is 22.0 Å². The second-order valence-electron chi connectivity index (χ2n) is 8.39. The Balaban J connectivity index is 2.31. The Kier molecular flexibility index (Phi) is 7.49. The molecule has 0 atom stereocenters. The predicted molar refractivity (Wildman–Crippen MR) is 126 cm³/mol. The summed E-state index contributed by atoms with van der Waals surface area (Å²) in [5.74, 6) is -0.932. The van der Waals surface area contributed by atoms with Gasteiger partial charge in [-0.05, 0) is 45.6 Å². The Morgan fingerprint density at radius 3 is 2.48 bits per heavy atom. The van der Waals surface area contributed by atoms with E-state index in [1.807, 2.05) is 34.6 Å². The van der Waals surface area contributed by atoms with E-state index in [0.29, 0.717) is 18.4 Å². The quantitative estimate of drug-likeness (QED) is 0.325. The van der Waals surface area contributed by atoms with Crippen molar-refractivity contribution in [3.63, 3.8) is 0 Å². The monoisotopic (exact) mass is 446 g/mol. The molecule has 8 nitrogen and oxygen atoms in total. The number of amides is 1. The lowest BCUT2D eigenvalue weighted by Crippen LogP contribution is -2.45. The number of nitrogens with one attached hydrogen (secondary N) is 1. The molecule has 0 aliphatic carbocycles. The molecule has 167 valence electrons. The van der Waals surface area contributed by atoms with Crippen LogP contribution in [0.3, 0.4) is 0 Å². The number of hydrogen-bond donors (Lipinski definition) is 3. The molecular weight excluding hydrogens is 417 g/mol. The highest BCUT2D eigenvalue weighted by molar-refractivity contribution is 7.81. The number of para-hydroxylation sites is 1. The zero-order chi connectivity index (χ0) is 23.6. The molecule has 2 rings (SSSR count). The Morgan fingerprint density at radius 1 is 1.26 bits per heavy atom. The molecule has 0 saturated heterocycles. The summed E-state index contributed by atoms with van der Waals surface area (Å²) in [6, 6.07) is 4.78. The van der Waals surface area contributed by atoms with Gasteiger partial charge in [-0.15, -0.1) is 0 Å². The van der Waals surface area contributed by atoms with Gasteiger partial charge < -0.3 is 15.1 Å². The lowest BCUT2D eigenvalue weighted by molar-refractivity contribution is 0.0853. The van der Waals surface area contributed by atoms with Crippen LogP contribution >= 0.6 is 12.6 Å². The SMILES string of the molecule is CCCn1cc(C(=O)Nc2cccc([B]OC(C)(C)C(C)(C)S)c2O)c(=O)n(C)c1=O. The molecule has 2 aromatic rings. The summed E-state index contributed by atoms with van der Waals surface area (Å²) in [4.78, 5) is 37.4. The number of phenols is 1. The van der Waals surface area contributed by atoms with Crippen LogP contribution in [0.1, 0.15) is 51.4 Å². The molecular formula is C21H29BN3O5S. The lowest BCUT2D eigenvalue weighted by Gasteiger charge is -2.38. The number of hydrogen-bond acceptors (Lipinski definition) is 6. The minimum absolute atomic E-state index is 0.112. The summed E-state index contributed by atoms with van der Waals surface area (Å²) in [6.07, 6.45) is 1.91. The first-order chi connectivity index (χ1) is 14.3. The van der Waals surface area contributed by atoms with Crippen LogP contribution in [0.15, 0.2) is 34.0 Å². The average Bonchev–Trinajstić information content (AvgIpc) is 2.68. The number of aromatic hydroxyl groups is 1. The van der Waals surface area contributed by atoms with Crippen molar-refractivity contribution in [2.75, 3.05) is 5.32 Å². The summed E-state index contributed by atoms with van der Waals surface area (Å²) in [7, 11) is 2.73.